The van der Waals surface area contributed by atoms with Gasteiger partial charge in [-0.25, -0.2) is 18.8 Å². The minimum atomic E-state index is -4.23. The molecule has 200 valence electrons. The maximum Gasteiger partial charge on any atom is 0.459 e. The maximum absolute atomic E-state index is 15.4. The first kappa shape index (κ1) is 28.2. The number of hydrogen-bond donors (Lipinski definition) is 4. The number of hydrogen-bond acceptors (Lipinski definition) is 9. The van der Waals surface area contributed by atoms with Crippen LogP contribution in [0.3, 0.4) is 0 Å². The quantitative estimate of drug-likeness (QED) is 0.233. The van der Waals surface area contributed by atoms with Crippen molar-refractivity contribution in [1.82, 2.24) is 14.6 Å². The third-order valence-electron chi connectivity index (χ3n) is 5.48. The Bertz CT molecular complexity index is 1160. The predicted octanol–water partition coefficient (Wildman–Crippen LogP) is 1.45. The highest BCUT2D eigenvalue weighted by Crippen LogP contribution is 2.47. The van der Waals surface area contributed by atoms with E-state index in [0.29, 0.717) is 6.42 Å². The van der Waals surface area contributed by atoms with E-state index in [-0.39, 0.29) is 12.4 Å². The fraction of sp³-hybridized carbons (Fsp3) is 0.545. The van der Waals surface area contributed by atoms with Crippen molar-refractivity contribution in [3.05, 3.63) is 63.4 Å². The van der Waals surface area contributed by atoms with E-state index in [1.54, 1.807) is 18.2 Å². The van der Waals surface area contributed by atoms with Gasteiger partial charge in [0.15, 0.2) is 18.2 Å². The van der Waals surface area contributed by atoms with Crippen LogP contribution in [0.15, 0.2) is 52.2 Å². The van der Waals surface area contributed by atoms with Gasteiger partial charge in [0.1, 0.15) is 18.0 Å². The van der Waals surface area contributed by atoms with Crippen LogP contribution in [0.25, 0.3) is 0 Å². The zero-order chi connectivity index (χ0) is 26.5. The Morgan fingerprint density at radius 2 is 2.00 bits per heavy atom. The van der Waals surface area contributed by atoms with Crippen LogP contribution in [0, 0.1) is 0 Å². The van der Waals surface area contributed by atoms with E-state index in [0.717, 1.165) is 23.8 Å². The molecule has 0 aliphatic carbocycles. The van der Waals surface area contributed by atoms with Crippen molar-refractivity contribution >= 4 is 7.75 Å². The summed E-state index contributed by atoms with van der Waals surface area (Å²) in [5, 5.41) is 23.3. The van der Waals surface area contributed by atoms with Gasteiger partial charge in [0.05, 0.1) is 12.6 Å². The summed E-state index contributed by atoms with van der Waals surface area (Å²) >= 11 is 0. The van der Waals surface area contributed by atoms with Crippen LogP contribution >= 0.6 is 7.75 Å². The van der Waals surface area contributed by atoms with Gasteiger partial charge in [-0.05, 0) is 32.4 Å². The highest BCUT2D eigenvalue weighted by atomic mass is 31.2. The topological polar surface area (TPSA) is 161 Å². The van der Waals surface area contributed by atoms with Crippen LogP contribution in [0.5, 0.6) is 5.75 Å². The van der Waals surface area contributed by atoms with Gasteiger partial charge in [-0.3, -0.25) is 18.9 Å². The summed E-state index contributed by atoms with van der Waals surface area (Å²) in [6.07, 6.45) is -4.39. The van der Waals surface area contributed by atoms with Crippen molar-refractivity contribution in [1.29, 1.82) is 0 Å². The average molecular weight is 531 g/mol. The number of aromatic amines is 1. The Hall–Kier alpha value is -2.38. The molecule has 1 aromatic carbocycles. The van der Waals surface area contributed by atoms with E-state index in [1.165, 1.54) is 19.1 Å². The summed E-state index contributed by atoms with van der Waals surface area (Å²) in [4.78, 5) is 25.5. The standard InChI is InChI=1S/C22H31FN3O9P/c1-4-12-32-19(29)14(2)25-36(31,35-15-8-6-5-7-9-15)33-13-16-18(28)22(3,23)20(34-16)26-11-10-17(27)24-21(26)30/h5-11,14,16,18-20,28-29H,4,12-13H2,1-3H3,(H,25,31)(H,24,27,30)/t14-,16+,18+,19?,20+,22+,36?/m0/s1. The molecule has 1 aliphatic heterocycles. The molecule has 1 fully saturated rings. The number of aliphatic hydroxyl groups excluding tert-OH is 2. The SMILES string of the molecule is CCCOC(O)[C@H](C)NP(=O)(OC[C@H]1O[C@@H](n2ccc(=O)[nH]c2=O)[C@](C)(F)[C@@H]1O)Oc1ccccc1. The van der Waals surface area contributed by atoms with Crippen molar-refractivity contribution in [2.45, 2.75) is 63.6 Å². The van der Waals surface area contributed by atoms with Gasteiger partial charge in [-0.15, -0.1) is 0 Å². The second-order valence-corrected chi connectivity index (χ2v) is 10.2. The Kier molecular flexibility index (Phi) is 9.23. The van der Waals surface area contributed by atoms with Crippen LogP contribution in [0.4, 0.5) is 4.39 Å². The summed E-state index contributed by atoms with van der Waals surface area (Å²) in [7, 11) is -4.23. The van der Waals surface area contributed by atoms with Gasteiger partial charge in [0.25, 0.3) is 5.56 Å². The summed E-state index contributed by atoms with van der Waals surface area (Å²) in [5.74, 6) is 0.186. The van der Waals surface area contributed by atoms with Crippen LogP contribution in [0.2, 0.25) is 0 Å². The molecule has 3 rings (SSSR count). The van der Waals surface area contributed by atoms with E-state index in [1.807, 2.05) is 11.9 Å². The molecule has 0 spiro atoms. The van der Waals surface area contributed by atoms with Crippen molar-refractivity contribution in [2.24, 2.45) is 0 Å². The number of rotatable bonds is 12. The van der Waals surface area contributed by atoms with Crippen LogP contribution < -0.4 is 20.9 Å². The van der Waals surface area contributed by atoms with Crippen LogP contribution in [-0.2, 0) is 18.6 Å². The Labute approximate surface area is 206 Å². The molecule has 0 saturated carbocycles. The second-order valence-electron chi connectivity index (χ2n) is 8.52. The summed E-state index contributed by atoms with van der Waals surface area (Å²) in [6, 6.07) is 8.19. The normalized spacial score (nSPS) is 27.3. The van der Waals surface area contributed by atoms with E-state index < -0.39 is 62.0 Å². The van der Waals surface area contributed by atoms with Crippen molar-refractivity contribution in [2.75, 3.05) is 13.2 Å². The molecule has 14 heteroatoms. The van der Waals surface area contributed by atoms with E-state index in [2.05, 4.69) is 5.09 Å². The zero-order valence-corrected chi connectivity index (χ0v) is 21.0. The number of aromatic nitrogens is 2. The molecular weight excluding hydrogens is 500 g/mol. The van der Waals surface area contributed by atoms with Gasteiger partial charge in [-0.2, -0.15) is 0 Å². The fourth-order valence-corrected chi connectivity index (χ4v) is 5.09. The van der Waals surface area contributed by atoms with E-state index in [9.17, 15) is 24.4 Å². The Morgan fingerprint density at radius 1 is 1.31 bits per heavy atom. The summed E-state index contributed by atoms with van der Waals surface area (Å²) in [6.45, 7) is 4.05. The first-order chi connectivity index (χ1) is 17.0. The average Bonchev–Trinajstić information content (AvgIpc) is 3.05. The number of aliphatic hydroxyl groups is 2. The minimum absolute atomic E-state index is 0.186. The van der Waals surface area contributed by atoms with Gasteiger partial charge in [-0.1, -0.05) is 25.1 Å². The first-order valence-electron chi connectivity index (χ1n) is 11.4. The number of H-pyrrole nitrogens is 1. The highest BCUT2D eigenvalue weighted by molar-refractivity contribution is 7.52. The highest BCUT2D eigenvalue weighted by Gasteiger charge is 2.55. The first-order valence-corrected chi connectivity index (χ1v) is 12.9. The van der Waals surface area contributed by atoms with E-state index in [4.69, 9.17) is 18.5 Å². The molecule has 7 atom stereocenters. The second kappa shape index (κ2) is 11.8. The minimum Gasteiger partial charge on any atom is -0.413 e. The number of ether oxygens (including phenoxy) is 2. The molecule has 1 saturated heterocycles. The number of alkyl halides is 1. The molecule has 0 bridgehead atoms. The van der Waals surface area contributed by atoms with Crippen molar-refractivity contribution in [3.8, 4) is 5.75 Å². The largest absolute Gasteiger partial charge is 0.459 e. The Morgan fingerprint density at radius 3 is 2.64 bits per heavy atom. The lowest BCUT2D eigenvalue weighted by Gasteiger charge is -2.27. The molecular formula is C22H31FN3O9P. The molecule has 2 heterocycles. The number of nitrogens with zero attached hydrogens (tertiary/aromatic N) is 1. The number of nitrogens with one attached hydrogen (secondary N) is 2. The molecule has 2 aromatic rings. The van der Waals surface area contributed by atoms with Crippen molar-refractivity contribution < 1.29 is 37.7 Å². The lowest BCUT2D eigenvalue weighted by molar-refractivity contribution is -0.113. The summed E-state index contributed by atoms with van der Waals surface area (Å²) < 4.78 is 51.7. The third kappa shape index (κ3) is 6.68. The zero-order valence-electron chi connectivity index (χ0n) is 20.1. The van der Waals surface area contributed by atoms with E-state index >= 15 is 4.39 Å². The molecule has 36 heavy (non-hydrogen) atoms. The molecule has 1 aromatic heterocycles. The fourth-order valence-electron chi connectivity index (χ4n) is 3.54. The van der Waals surface area contributed by atoms with Crippen molar-refractivity contribution in [3.63, 3.8) is 0 Å². The van der Waals surface area contributed by atoms with Crippen LogP contribution in [0.1, 0.15) is 33.4 Å². The van der Waals surface area contributed by atoms with Gasteiger partial charge < -0.3 is 24.2 Å². The molecule has 2 unspecified atom stereocenters. The molecule has 1 aliphatic rings. The molecule has 12 nitrogen and oxygen atoms in total. The number of benzene rings is 1. The monoisotopic (exact) mass is 531 g/mol. The smallest absolute Gasteiger partial charge is 0.413 e. The van der Waals surface area contributed by atoms with Crippen LogP contribution in [-0.4, -0.2) is 63.2 Å². The number of para-hydroxylation sites is 1. The molecule has 0 amide bonds. The van der Waals surface area contributed by atoms with Gasteiger partial charge >= 0.3 is 13.4 Å². The lowest BCUT2D eigenvalue weighted by atomic mass is 9.98. The maximum atomic E-state index is 15.4. The van der Waals surface area contributed by atoms with Gasteiger partial charge in [0.2, 0.25) is 0 Å². The number of halogens is 1. The lowest BCUT2D eigenvalue weighted by Crippen LogP contribution is -2.44. The molecule has 4 N–H and O–H groups in total. The van der Waals surface area contributed by atoms with Gasteiger partial charge in [0, 0.05) is 18.9 Å². The summed E-state index contributed by atoms with van der Waals surface area (Å²) in [5.41, 5.74) is -4.08. The molecule has 0 radical (unpaired) electrons. The Balaban J connectivity index is 1.78. The third-order valence-corrected chi connectivity index (χ3v) is 7.14. The predicted molar refractivity (Wildman–Crippen MR) is 126 cm³/mol.